The van der Waals surface area contributed by atoms with E-state index >= 15 is 0 Å². The van der Waals surface area contributed by atoms with Crippen LogP contribution in [0.4, 0.5) is 0 Å². The number of rotatable bonds is 4. The van der Waals surface area contributed by atoms with Gasteiger partial charge in [0.25, 0.3) is 0 Å². The summed E-state index contributed by atoms with van der Waals surface area (Å²) >= 11 is 0. The van der Waals surface area contributed by atoms with Crippen LogP contribution in [0, 0.1) is 5.41 Å². The Kier molecular flexibility index (Phi) is 5.42. The van der Waals surface area contributed by atoms with Crippen molar-refractivity contribution in [3.8, 4) is 0 Å². The molecule has 3 rings (SSSR count). The summed E-state index contributed by atoms with van der Waals surface area (Å²) in [5.41, 5.74) is 1.73. The highest BCUT2D eigenvalue weighted by Gasteiger charge is 2.35. The molecule has 1 aromatic heterocycles. The number of aromatic nitrogens is 2. The minimum absolute atomic E-state index is 0.179. The summed E-state index contributed by atoms with van der Waals surface area (Å²) in [6.07, 6.45) is 4.27. The van der Waals surface area contributed by atoms with E-state index in [0.29, 0.717) is 19.0 Å². The summed E-state index contributed by atoms with van der Waals surface area (Å²) in [4.78, 5) is 28.5. The Morgan fingerprint density at radius 3 is 2.48 bits per heavy atom. The Hall–Kier alpha value is -2.15. The molecule has 2 heterocycles. The smallest absolute Gasteiger partial charge is 0.356 e. The van der Waals surface area contributed by atoms with Gasteiger partial charge in [-0.15, -0.1) is 6.58 Å². The van der Waals surface area contributed by atoms with Crippen molar-refractivity contribution in [3.05, 3.63) is 29.6 Å². The number of allylic oxidation sites excluding steroid dienone is 1. The average molecular weight is 374 g/mol. The van der Waals surface area contributed by atoms with E-state index in [9.17, 15) is 14.7 Å². The molecule has 0 aromatic carbocycles. The van der Waals surface area contributed by atoms with Crippen molar-refractivity contribution < 1.29 is 14.7 Å². The lowest BCUT2D eigenvalue weighted by atomic mass is 9.89. The summed E-state index contributed by atoms with van der Waals surface area (Å²) in [7, 11) is 0. The van der Waals surface area contributed by atoms with Gasteiger partial charge in [0.2, 0.25) is 5.91 Å². The summed E-state index contributed by atoms with van der Waals surface area (Å²) in [6, 6.07) is 0.309. The van der Waals surface area contributed by atoms with Crippen LogP contribution in [0.25, 0.3) is 0 Å². The first-order chi connectivity index (χ1) is 12.7. The van der Waals surface area contributed by atoms with Crippen LogP contribution in [0.3, 0.4) is 0 Å². The second-order valence-electron chi connectivity index (χ2n) is 8.52. The van der Waals surface area contributed by atoms with Gasteiger partial charge in [0.15, 0.2) is 5.69 Å². The molecule has 2 aliphatic rings. The lowest BCUT2D eigenvalue weighted by molar-refractivity contribution is -0.141. The number of carboxylic acid groups (broad SMARTS) is 1. The van der Waals surface area contributed by atoms with E-state index in [2.05, 4.69) is 16.6 Å². The highest BCUT2D eigenvalue weighted by atomic mass is 16.4. The van der Waals surface area contributed by atoms with Crippen molar-refractivity contribution in [3.63, 3.8) is 0 Å². The van der Waals surface area contributed by atoms with Gasteiger partial charge in [-0.25, -0.2) is 4.79 Å². The van der Waals surface area contributed by atoms with Gasteiger partial charge in [-0.3, -0.25) is 14.4 Å². The number of fused-ring (bicyclic) bond motifs is 1. The maximum atomic E-state index is 12.5. The quantitative estimate of drug-likeness (QED) is 0.814. The second kappa shape index (κ2) is 7.46. The maximum Gasteiger partial charge on any atom is 0.356 e. The highest BCUT2D eigenvalue weighted by Crippen LogP contribution is 2.29. The van der Waals surface area contributed by atoms with E-state index in [1.165, 1.54) is 0 Å². The van der Waals surface area contributed by atoms with Crippen LogP contribution < -0.4 is 0 Å². The van der Waals surface area contributed by atoms with Gasteiger partial charge in [0.1, 0.15) is 0 Å². The largest absolute Gasteiger partial charge is 0.476 e. The molecule has 0 saturated carbocycles. The highest BCUT2D eigenvalue weighted by molar-refractivity contribution is 5.87. The summed E-state index contributed by atoms with van der Waals surface area (Å²) in [5, 5.41) is 13.8. The van der Waals surface area contributed by atoms with Gasteiger partial charge >= 0.3 is 5.97 Å². The fourth-order valence-corrected chi connectivity index (χ4v) is 4.19. The standard InChI is InChI=1S/C20H30N4O3/c1-5-8-24-16-7-6-14(13-15(16)17(21-24)18(25)26)22-9-11-23(12-10-22)19(27)20(2,3)4/h5,14H,1,6-13H2,2-4H3,(H,25,26). The molecule has 1 aliphatic heterocycles. The number of aromatic carboxylic acids is 1. The molecule has 1 amide bonds. The number of carbonyl (C=O) groups is 2. The summed E-state index contributed by atoms with van der Waals surface area (Å²) < 4.78 is 1.78. The zero-order valence-electron chi connectivity index (χ0n) is 16.6. The van der Waals surface area contributed by atoms with Gasteiger partial charge in [-0.2, -0.15) is 5.10 Å². The van der Waals surface area contributed by atoms with Crippen LogP contribution >= 0.6 is 0 Å². The van der Waals surface area contributed by atoms with Crippen LogP contribution in [-0.2, 0) is 24.2 Å². The SMILES string of the molecule is C=CCn1nc(C(=O)O)c2c1CCC(N1CCN(C(=O)C(C)(C)C)CC1)C2. The Bertz CT molecular complexity index is 739. The van der Waals surface area contributed by atoms with Crippen LogP contribution in [-0.4, -0.2) is 68.8 Å². The number of piperazine rings is 1. The summed E-state index contributed by atoms with van der Waals surface area (Å²) in [5.74, 6) is -0.762. The van der Waals surface area contributed by atoms with Crippen LogP contribution in [0.5, 0.6) is 0 Å². The molecule has 0 spiro atoms. The van der Waals surface area contributed by atoms with Gasteiger partial charge < -0.3 is 10.0 Å². The third-order valence-electron chi connectivity index (χ3n) is 5.58. The van der Waals surface area contributed by atoms with Gasteiger partial charge in [0, 0.05) is 48.9 Å². The van der Waals surface area contributed by atoms with E-state index in [0.717, 1.165) is 50.3 Å². The fraction of sp³-hybridized carbons (Fsp3) is 0.650. The average Bonchev–Trinajstić information content (AvgIpc) is 2.99. The van der Waals surface area contributed by atoms with E-state index in [4.69, 9.17) is 0 Å². The van der Waals surface area contributed by atoms with E-state index in [-0.39, 0.29) is 17.0 Å². The molecule has 1 aliphatic carbocycles. The number of hydrogen-bond donors (Lipinski definition) is 1. The van der Waals surface area contributed by atoms with E-state index < -0.39 is 5.97 Å². The van der Waals surface area contributed by atoms with Crippen molar-refractivity contribution in [2.75, 3.05) is 26.2 Å². The van der Waals surface area contributed by atoms with Crippen molar-refractivity contribution in [1.82, 2.24) is 19.6 Å². The van der Waals surface area contributed by atoms with Crippen molar-refractivity contribution >= 4 is 11.9 Å². The minimum atomic E-state index is -0.963. The first-order valence-corrected chi connectivity index (χ1v) is 9.68. The van der Waals surface area contributed by atoms with Crippen LogP contribution in [0.2, 0.25) is 0 Å². The Morgan fingerprint density at radius 1 is 1.26 bits per heavy atom. The minimum Gasteiger partial charge on any atom is -0.476 e. The molecule has 0 bridgehead atoms. The predicted molar refractivity (Wildman–Crippen MR) is 103 cm³/mol. The zero-order chi connectivity index (χ0) is 19.8. The molecule has 1 fully saturated rings. The normalized spacial score (nSPS) is 21.0. The first-order valence-electron chi connectivity index (χ1n) is 9.68. The fourth-order valence-electron chi connectivity index (χ4n) is 4.19. The molecule has 7 nitrogen and oxygen atoms in total. The molecule has 1 atom stereocenters. The maximum absolute atomic E-state index is 12.5. The van der Waals surface area contributed by atoms with Crippen molar-refractivity contribution in [1.29, 1.82) is 0 Å². The predicted octanol–water partition coefficient (Wildman–Crippen LogP) is 1.81. The number of hydrogen-bond acceptors (Lipinski definition) is 4. The summed E-state index contributed by atoms with van der Waals surface area (Å²) in [6.45, 7) is 13.3. The van der Waals surface area contributed by atoms with Gasteiger partial charge in [-0.05, 0) is 19.3 Å². The lowest BCUT2D eigenvalue weighted by Gasteiger charge is -2.42. The molecule has 27 heavy (non-hydrogen) atoms. The molecule has 1 aromatic rings. The van der Waals surface area contributed by atoms with Crippen molar-refractivity contribution in [2.24, 2.45) is 5.41 Å². The third kappa shape index (κ3) is 3.93. The monoisotopic (exact) mass is 374 g/mol. The Balaban J connectivity index is 1.69. The second-order valence-corrected chi connectivity index (χ2v) is 8.52. The molecule has 0 radical (unpaired) electrons. The molecular weight excluding hydrogens is 344 g/mol. The number of carbonyl (C=O) groups excluding carboxylic acids is 1. The van der Waals surface area contributed by atoms with Crippen molar-refractivity contribution in [2.45, 2.75) is 52.6 Å². The molecule has 1 saturated heterocycles. The third-order valence-corrected chi connectivity index (χ3v) is 5.58. The van der Waals surface area contributed by atoms with E-state index in [1.807, 2.05) is 25.7 Å². The molecule has 1 unspecified atom stereocenters. The Labute approximate surface area is 160 Å². The number of amides is 1. The van der Waals surface area contributed by atoms with Gasteiger partial charge in [-0.1, -0.05) is 26.8 Å². The first kappa shape index (κ1) is 19.6. The lowest BCUT2D eigenvalue weighted by Crippen LogP contribution is -2.55. The molecule has 7 heteroatoms. The zero-order valence-corrected chi connectivity index (χ0v) is 16.6. The molecule has 1 N–H and O–H groups in total. The Morgan fingerprint density at radius 2 is 1.93 bits per heavy atom. The van der Waals surface area contributed by atoms with Gasteiger partial charge in [0.05, 0.1) is 6.54 Å². The van der Waals surface area contributed by atoms with Crippen LogP contribution in [0.1, 0.15) is 48.9 Å². The number of carboxylic acids is 1. The number of nitrogens with zero attached hydrogens (tertiary/aromatic N) is 4. The van der Waals surface area contributed by atoms with E-state index in [1.54, 1.807) is 10.8 Å². The van der Waals surface area contributed by atoms with Crippen LogP contribution in [0.15, 0.2) is 12.7 Å². The molecule has 148 valence electrons. The molecular formula is C20H30N4O3. The topological polar surface area (TPSA) is 78.7 Å².